The fourth-order valence-electron chi connectivity index (χ4n) is 1.52. The Hall–Kier alpha value is -1.42. The van der Waals surface area contributed by atoms with E-state index in [1.807, 2.05) is 19.1 Å². The number of nitrogens with one attached hydrogen (secondary N) is 1. The summed E-state index contributed by atoms with van der Waals surface area (Å²) in [6.45, 7) is 4.10. The predicted molar refractivity (Wildman–Crippen MR) is 67.7 cm³/mol. The molecule has 0 aromatic carbocycles. The van der Waals surface area contributed by atoms with Crippen LogP contribution in [0.2, 0.25) is 0 Å². The summed E-state index contributed by atoms with van der Waals surface area (Å²) in [5.74, 6) is 0.839. The number of anilines is 1. The van der Waals surface area contributed by atoms with E-state index in [1.54, 1.807) is 11.3 Å². The van der Waals surface area contributed by atoms with E-state index >= 15 is 0 Å². The molecule has 2 heterocycles. The van der Waals surface area contributed by atoms with Crippen LogP contribution in [0, 0.1) is 6.92 Å². The average molecular weight is 233 g/mol. The average Bonchev–Trinajstić information content (AvgIpc) is 2.82. The molecular formula is C12H15N3S. The van der Waals surface area contributed by atoms with Crippen LogP contribution in [0.3, 0.4) is 0 Å². The Bertz CT molecular complexity index is 422. The van der Waals surface area contributed by atoms with Gasteiger partial charge in [-0.25, -0.2) is 0 Å². The summed E-state index contributed by atoms with van der Waals surface area (Å²) in [6.07, 6.45) is 1.04. The van der Waals surface area contributed by atoms with Crippen molar-refractivity contribution in [1.29, 1.82) is 0 Å². The minimum atomic E-state index is 0.331. The summed E-state index contributed by atoms with van der Waals surface area (Å²) in [5, 5.41) is 13.7. The van der Waals surface area contributed by atoms with Gasteiger partial charge in [-0.3, -0.25) is 0 Å². The lowest BCUT2D eigenvalue weighted by Crippen LogP contribution is -2.09. The van der Waals surface area contributed by atoms with Crippen LogP contribution in [0.25, 0.3) is 0 Å². The van der Waals surface area contributed by atoms with Gasteiger partial charge in [-0.05, 0) is 36.9 Å². The minimum Gasteiger partial charge on any atom is -0.361 e. The molecule has 0 aliphatic heterocycles. The summed E-state index contributed by atoms with van der Waals surface area (Å²) in [7, 11) is 0. The summed E-state index contributed by atoms with van der Waals surface area (Å²) >= 11 is 1.77. The van der Waals surface area contributed by atoms with Crippen molar-refractivity contribution in [2.24, 2.45) is 0 Å². The van der Waals surface area contributed by atoms with E-state index < -0.39 is 0 Å². The van der Waals surface area contributed by atoms with Gasteiger partial charge in [0.1, 0.15) is 5.82 Å². The molecule has 0 saturated carbocycles. The molecule has 1 atom stereocenters. The lowest BCUT2D eigenvalue weighted by Gasteiger charge is -2.15. The number of hydrogen-bond donors (Lipinski definition) is 1. The van der Waals surface area contributed by atoms with Crippen LogP contribution in [-0.2, 0) is 0 Å². The molecule has 16 heavy (non-hydrogen) atoms. The second-order valence-electron chi connectivity index (χ2n) is 3.68. The Labute approximate surface area is 99.5 Å². The highest BCUT2D eigenvalue weighted by atomic mass is 32.1. The fraction of sp³-hybridized carbons (Fsp3) is 0.333. The Kier molecular flexibility index (Phi) is 3.51. The highest BCUT2D eigenvalue weighted by molar-refractivity contribution is 7.10. The number of thiophene rings is 1. The first-order chi connectivity index (χ1) is 7.79. The largest absolute Gasteiger partial charge is 0.361 e. The van der Waals surface area contributed by atoms with Crippen LogP contribution in [-0.4, -0.2) is 10.2 Å². The molecule has 2 aromatic rings. The zero-order valence-electron chi connectivity index (χ0n) is 9.47. The first kappa shape index (κ1) is 11.1. The molecule has 0 amide bonds. The van der Waals surface area contributed by atoms with E-state index in [0.29, 0.717) is 6.04 Å². The van der Waals surface area contributed by atoms with Crippen molar-refractivity contribution in [3.05, 3.63) is 40.2 Å². The SMILES string of the molecule is CCC(Nc1ccc(C)nn1)c1cccs1. The first-order valence-electron chi connectivity index (χ1n) is 5.40. The minimum absolute atomic E-state index is 0.331. The Morgan fingerprint density at radius 2 is 2.19 bits per heavy atom. The molecule has 0 aliphatic carbocycles. The summed E-state index contributed by atoms with van der Waals surface area (Å²) in [6, 6.07) is 8.49. The molecule has 4 heteroatoms. The maximum atomic E-state index is 4.12. The van der Waals surface area contributed by atoms with Gasteiger partial charge in [0.2, 0.25) is 0 Å². The second-order valence-corrected chi connectivity index (χ2v) is 4.66. The van der Waals surface area contributed by atoms with Gasteiger partial charge in [0, 0.05) is 4.88 Å². The molecule has 3 nitrogen and oxygen atoms in total. The van der Waals surface area contributed by atoms with Crippen LogP contribution in [0.1, 0.15) is 30.0 Å². The standard InChI is InChI=1S/C12H15N3S/c1-3-10(11-5-4-8-16-11)13-12-7-6-9(2)14-15-12/h4-8,10H,3H2,1-2H3,(H,13,15). The zero-order valence-corrected chi connectivity index (χ0v) is 10.3. The predicted octanol–water partition coefficient (Wildman–Crippen LogP) is 3.41. The van der Waals surface area contributed by atoms with Gasteiger partial charge in [0.25, 0.3) is 0 Å². The van der Waals surface area contributed by atoms with E-state index in [4.69, 9.17) is 0 Å². The third-order valence-corrected chi connectivity index (χ3v) is 3.40. The van der Waals surface area contributed by atoms with Gasteiger partial charge in [-0.15, -0.1) is 16.4 Å². The number of aryl methyl sites for hydroxylation is 1. The van der Waals surface area contributed by atoms with Crippen molar-refractivity contribution in [1.82, 2.24) is 10.2 Å². The van der Waals surface area contributed by atoms with Crippen LogP contribution < -0.4 is 5.32 Å². The third kappa shape index (κ3) is 2.58. The molecule has 0 fully saturated rings. The molecule has 0 bridgehead atoms. The van der Waals surface area contributed by atoms with Crippen molar-refractivity contribution in [3.63, 3.8) is 0 Å². The van der Waals surface area contributed by atoms with Crippen molar-refractivity contribution >= 4 is 17.2 Å². The molecule has 1 unspecified atom stereocenters. The maximum Gasteiger partial charge on any atom is 0.149 e. The number of aromatic nitrogens is 2. The van der Waals surface area contributed by atoms with Gasteiger partial charge >= 0.3 is 0 Å². The molecule has 0 saturated heterocycles. The quantitative estimate of drug-likeness (QED) is 0.879. The molecule has 2 aromatic heterocycles. The number of hydrogen-bond acceptors (Lipinski definition) is 4. The maximum absolute atomic E-state index is 4.12. The summed E-state index contributed by atoms with van der Waals surface area (Å²) < 4.78 is 0. The first-order valence-corrected chi connectivity index (χ1v) is 6.28. The highest BCUT2D eigenvalue weighted by Crippen LogP contribution is 2.24. The van der Waals surface area contributed by atoms with E-state index in [-0.39, 0.29) is 0 Å². The van der Waals surface area contributed by atoms with Crippen molar-refractivity contribution in [2.45, 2.75) is 26.3 Å². The Morgan fingerprint density at radius 3 is 2.75 bits per heavy atom. The molecule has 84 valence electrons. The Balaban J connectivity index is 2.10. The topological polar surface area (TPSA) is 37.8 Å². The molecule has 2 rings (SSSR count). The van der Waals surface area contributed by atoms with Crippen molar-refractivity contribution in [3.8, 4) is 0 Å². The summed E-state index contributed by atoms with van der Waals surface area (Å²) in [4.78, 5) is 1.34. The van der Waals surface area contributed by atoms with E-state index in [1.165, 1.54) is 4.88 Å². The molecule has 0 aliphatic rings. The van der Waals surface area contributed by atoms with Crippen LogP contribution >= 0.6 is 11.3 Å². The highest BCUT2D eigenvalue weighted by Gasteiger charge is 2.10. The molecule has 0 radical (unpaired) electrons. The smallest absolute Gasteiger partial charge is 0.149 e. The van der Waals surface area contributed by atoms with Gasteiger partial charge in [-0.2, -0.15) is 5.10 Å². The van der Waals surface area contributed by atoms with Crippen LogP contribution in [0.4, 0.5) is 5.82 Å². The van der Waals surface area contributed by atoms with Gasteiger partial charge in [0.15, 0.2) is 0 Å². The van der Waals surface area contributed by atoms with Gasteiger partial charge in [0.05, 0.1) is 11.7 Å². The van der Waals surface area contributed by atoms with E-state index in [9.17, 15) is 0 Å². The normalized spacial score (nSPS) is 12.4. The molecule has 1 N–H and O–H groups in total. The van der Waals surface area contributed by atoms with Crippen LogP contribution in [0.5, 0.6) is 0 Å². The molecular weight excluding hydrogens is 218 g/mol. The van der Waals surface area contributed by atoms with E-state index in [0.717, 1.165) is 17.9 Å². The zero-order chi connectivity index (χ0) is 11.4. The third-order valence-electron chi connectivity index (χ3n) is 2.41. The lowest BCUT2D eigenvalue weighted by molar-refractivity contribution is 0.753. The van der Waals surface area contributed by atoms with Crippen molar-refractivity contribution < 1.29 is 0 Å². The second kappa shape index (κ2) is 5.07. The van der Waals surface area contributed by atoms with Crippen molar-refractivity contribution in [2.75, 3.05) is 5.32 Å². The van der Waals surface area contributed by atoms with Gasteiger partial charge < -0.3 is 5.32 Å². The number of nitrogens with zero attached hydrogens (tertiary/aromatic N) is 2. The van der Waals surface area contributed by atoms with E-state index in [2.05, 4.69) is 40.0 Å². The van der Waals surface area contributed by atoms with Crippen LogP contribution in [0.15, 0.2) is 29.6 Å². The fourth-order valence-corrected chi connectivity index (χ4v) is 2.38. The Morgan fingerprint density at radius 1 is 1.31 bits per heavy atom. The van der Waals surface area contributed by atoms with Gasteiger partial charge in [-0.1, -0.05) is 13.0 Å². The monoisotopic (exact) mass is 233 g/mol. The summed E-state index contributed by atoms with van der Waals surface area (Å²) in [5.41, 5.74) is 0.940. The molecule has 0 spiro atoms. The lowest BCUT2D eigenvalue weighted by atomic mass is 10.2. The number of rotatable bonds is 4.